The topological polar surface area (TPSA) is 54.0 Å². The molecule has 156 valence electrons. The van der Waals surface area contributed by atoms with Gasteiger partial charge in [-0.05, 0) is 44.7 Å². The SMILES string of the molecule is Cc1ccc(N2CCN(C)CC2)cc1C(=O)N[C@H](C)c1cccc2c1OCO2.Cl. The number of carbonyl (C=O) groups excluding carboxylic acids is 1. The number of carbonyl (C=O) groups is 1. The molecule has 0 unspecified atom stereocenters. The minimum absolute atomic E-state index is 0. The van der Waals surface area contributed by atoms with Crippen molar-refractivity contribution in [2.75, 3.05) is 44.9 Å². The van der Waals surface area contributed by atoms with Crippen LogP contribution in [0.4, 0.5) is 5.69 Å². The predicted octanol–water partition coefficient (Wildman–Crippen LogP) is 3.39. The number of fused-ring (bicyclic) bond motifs is 1. The van der Waals surface area contributed by atoms with Crippen molar-refractivity contribution < 1.29 is 14.3 Å². The summed E-state index contributed by atoms with van der Waals surface area (Å²) in [5, 5.41) is 3.12. The summed E-state index contributed by atoms with van der Waals surface area (Å²) in [4.78, 5) is 17.7. The summed E-state index contributed by atoms with van der Waals surface area (Å²) in [6, 6.07) is 11.7. The lowest BCUT2D eigenvalue weighted by Crippen LogP contribution is -2.44. The molecule has 2 aromatic rings. The normalized spacial score (nSPS) is 16.9. The van der Waals surface area contributed by atoms with Crippen molar-refractivity contribution in [2.45, 2.75) is 19.9 Å². The van der Waals surface area contributed by atoms with Crippen LogP contribution in [-0.4, -0.2) is 50.8 Å². The third-order valence-corrected chi connectivity index (χ3v) is 5.58. The first-order valence-corrected chi connectivity index (χ1v) is 9.76. The maximum Gasteiger partial charge on any atom is 0.252 e. The molecule has 2 aliphatic heterocycles. The van der Waals surface area contributed by atoms with Crippen molar-refractivity contribution in [2.24, 2.45) is 0 Å². The smallest absolute Gasteiger partial charge is 0.252 e. The van der Waals surface area contributed by atoms with Crippen LogP contribution in [0.25, 0.3) is 0 Å². The van der Waals surface area contributed by atoms with Gasteiger partial charge in [-0.25, -0.2) is 0 Å². The number of nitrogens with one attached hydrogen (secondary N) is 1. The molecule has 1 amide bonds. The third kappa shape index (κ3) is 4.43. The Labute approximate surface area is 178 Å². The number of likely N-dealkylation sites (N-methyl/N-ethyl adjacent to an activating group) is 1. The van der Waals surface area contributed by atoms with Gasteiger partial charge in [-0.1, -0.05) is 18.2 Å². The van der Waals surface area contributed by atoms with Crippen molar-refractivity contribution in [3.63, 3.8) is 0 Å². The van der Waals surface area contributed by atoms with Gasteiger partial charge in [-0.15, -0.1) is 12.4 Å². The van der Waals surface area contributed by atoms with E-state index >= 15 is 0 Å². The molecule has 29 heavy (non-hydrogen) atoms. The van der Waals surface area contributed by atoms with Crippen LogP contribution in [0, 0.1) is 6.92 Å². The predicted molar refractivity (Wildman–Crippen MR) is 117 cm³/mol. The van der Waals surface area contributed by atoms with E-state index in [2.05, 4.69) is 28.2 Å². The fraction of sp³-hybridized carbons (Fsp3) is 0.409. The van der Waals surface area contributed by atoms with Crippen LogP contribution in [0.2, 0.25) is 0 Å². The Morgan fingerprint density at radius 2 is 1.86 bits per heavy atom. The standard InChI is InChI=1S/C22H27N3O3.ClH/c1-15-7-8-17(25-11-9-24(3)10-12-25)13-19(15)22(26)23-16(2)18-5-4-6-20-21(18)28-14-27-20;/h4-8,13,16H,9-12,14H2,1-3H3,(H,23,26);1H/t16-;/m1./s1. The lowest BCUT2D eigenvalue weighted by atomic mass is 10.0. The molecule has 0 spiro atoms. The first-order valence-electron chi connectivity index (χ1n) is 9.76. The van der Waals surface area contributed by atoms with E-state index in [0.717, 1.165) is 54.5 Å². The molecule has 2 aliphatic rings. The first kappa shape index (κ1) is 21.3. The summed E-state index contributed by atoms with van der Waals surface area (Å²) in [5.41, 5.74) is 3.72. The van der Waals surface area contributed by atoms with Gasteiger partial charge in [0.25, 0.3) is 5.91 Å². The summed E-state index contributed by atoms with van der Waals surface area (Å²) >= 11 is 0. The van der Waals surface area contributed by atoms with Crippen molar-refractivity contribution in [3.8, 4) is 11.5 Å². The van der Waals surface area contributed by atoms with Gasteiger partial charge in [0, 0.05) is 43.0 Å². The van der Waals surface area contributed by atoms with Crippen LogP contribution in [0.5, 0.6) is 11.5 Å². The molecule has 0 saturated carbocycles. The van der Waals surface area contributed by atoms with Crippen LogP contribution in [-0.2, 0) is 0 Å². The quantitative estimate of drug-likeness (QED) is 0.826. The van der Waals surface area contributed by atoms with Crippen molar-refractivity contribution in [1.82, 2.24) is 10.2 Å². The lowest BCUT2D eigenvalue weighted by Gasteiger charge is -2.34. The summed E-state index contributed by atoms with van der Waals surface area (Å²) in [6.45, 7) is 8.19. The van der Waals surface area contributed by atoms with E-state index in [1.54, 1.807) is 0 Å². The Morgan fingerprint density at radius 3 is 2.62 bits per heavy atom. The largest absolute Gasteiger partial charge is 0.454 e. The number of benzene rings is 2. The Kier molecular flexibility index (Phi) is 6.55. The Morgan fingerprint density at radius 1 is 1.10 bits per heavy atom. The van der Waals surface area contributed by atoms with Gasteiger partial charge in [0.1, 0.15) is 0 Å². The Hall–Kier alpha value is -2.44. The van der Waals surface area contributed by atoms with E-state index in [0.29, 0.717) is 5.56 Å². The van der Waals surface area contributed by atoms with Gasteiger partial charge in [-0.2, -0.15) is 0 Å². The second-order valence-electron chi connectivity index (χ2n) is 7.57. The van der Waals surface area contributed by atoms with Gasteiger partial charge in [0.05, 0.1) is 6.04 Å². The number of nitrogens with zero attached hydrogens (tertiary/aromatic N) is 2. The molecule has 1 fully saturated rings. The molecule has 2 aromatic carbocycles. The Balaban J connectivity index is 0.00000240. The molecule has 0 aromatic heterocycles. The van der Waals surface area contributed by atoms with E-state index < -0.39 is 0 Å². The molecule has 1 saturated heterocycles. The zero-order valence-electron chi connectivity index (χ0n) is 17.1. The molecule has 6 nitrogen and oxygen atoms in total. The Bertz CT molecular complexity index is 882. The van der Waals surface area contributed by atoms with Crippen LogP contribution in [0.1, 0.15) is 34.5 Å². The van der Waals surface area contributed by atoms with E-state index in [9.17, 15) is 4.79 Å². The summed E-state index contributed by atoms with van der Waals surface area (Å²) in [7, 11) is 2.14. The van der Waals surface area contributed by atoms with E-state index in [1.165, 1.54) is 0 Å². The maximum atomic E-state index is 13.0. The van der Waals surface area contributed by atoms with Gasteiger partial charge >= 0.3 is 0 Å². The van der Waals surface area contributed by atoms with E-state index in [4.69, 9.17) is 9.47 Å². The van der Waals surface area contributed by atoms with Gasteiger partial charge in [-0.3, -0.25) is 4.79 Å². The van der Waals surface area contributed by atoms with E-state index in [1.807, 2.05) is 44.2 Å². The number of aryl methyl sites for hydroxylation is 1. The van der Waals surface area contributed by atoms with Crippen molar-refractivity contribution >= 4 is 24.0 Å². The third-order valence-electron chi connectivity index (χ3n) is 5.58. The van der Waals surface area contributed by atoms with Gasteiger partial charge in [0.15, 0.2) is 11.5 Å². The molecule has 1 atom stereocenters. The molecule has 0 bridgehead atoms. The number of piperazine rings is 1. The van der Waals surface area contributed by atoms with Crippen LogP contribution >= 0.6 is 12.4 Å². The number of hydrogen-bond acceptors (Lipinski definition) is 5. The molecular formula is C22H28ClN3O3. The number of amides is 1. The highest BCUT2D eigenvalue weighted by atomic mass is 35.5. The number of hydrogen-bond donors (Lipinski definition) is 1. The summed E-state index contributed by atoms with van der Waals surface area (Å²) < 4.78 is 11.0. The minimum atomic E-state index is -0.184. The van der Waals surface area contributed by atoms with Crippen LogP contribution in [0.3, 0.4) is 0 Å². The number of rotatable bonds is 4. The van der Waals surface area contributed by atoms with E-state index in [-0.39, 0.29) is 31.1 Å². The zero-order chi connectivity index (χ0) is 19.7. The molecule has 0 radical (unpaired) electrons. The molecule has 4 rings (SSSR count). The first-order chi connectivity index (χ1) is 13.5. The minimum Gasteiger partial charge on any atom is -0.454 e. The monoisotopic (exact) mass is 417 g/mol. The summed E-state index contributed by atoms with van der Waals surface area (Å²) in [6.07, 6.45) is 0. The fourth-order valence-corrected chi connectivity index (χ4v) is 3.76. The van der Waals surface area contributed by atoms with Crippen molar-refractivity contribution in [3.05, 3.63) is 53.1 Å². The van der Waals surface area contributed by atoms with Crippen LogP contribution in [0.15, 0.2) is 36.4 Å². The zero-order valence-corrected chi connectivity index (χ0v) is 17.9. The molecule has 7 heteroatoms. The highest BCUT2D eigenvalue weighted by Gasteiger charge is 2.23. The maximum absolute atomic E-state index is 13.0. The van der Waals surface area contributed by atoms with Crippen molar-refractivity contribution in [1.29, 1.82) is 0 Å². The molecule has 1 N–H and O–H groups in total. The second-order valence-corrected chi connectivity index (χ2v) is 7.57. The molecule has 0 aliphatic carbocycles. The number of halogens is 1. The molecular weight excluding hydrogens is 390 g/mol. The number of ether oxygens (including phenoxy) is 2. The fourth-order valence-electron chi connectivity index (χ4n) is 3.76. The highest BCUT2D eigenvalue weighted by Crippen LogP contribution is 2.38. The van der Waals surface area contributed by atoms with Gasteiger partial charge < -0.3 is 24.6 Å². The average molecular weight is 418 g/mol. The molecule has 2 heterocycles. The number of para-hydroxylation sites is 1. The summed E-state index contributed by atoms with van der Waals surface area (Å²) in [5.74, 6) is 1.38. The lowest BCUT2D eigenvalue weighted by molar-refractivity contribution is 0.0938. The van der Waals surface area contributed by atoms with Crippen LogP contribution < -0.4 is 19.7 Å². The second kappa shape index (κ2) is 8.93. The highest BCUT2D eigenvalue weighted by molar-refractivity contribution is 5.97. The van der Waals surface area contributed by atoms with Gasteiger partial charge in [0.2, 0.25) is 6.79 Å². The average Bonchev–Trinajstić information content (AvgIpc) is 3.17. The number of anilines is 1.